The van der Waals surface area contributed by atoms with E-state index in [4.69, 9.17) is 14.2 Å². The Bertz CT molecular complexity index is 1280. The molecule has 1 saturated heterocycles. The monoisotopic (exact) mass is 556 g/mol. The van der Waals surface area contributed by atoms with Gasteiger partial charge in [0.05, 0.1) is 19.8 Å². The zero-order valence-electron chi connectivity index (χ0n) is 23.0. The van der Waals surface area contributed by atoms with Crippen LogP contribution in [0, 0.1) is 29.2 Å². The van der Waals surface area contributed by atoms with Gasteiger partial charge in [-0.1, -0.05) is 74.7 Å². The Hall–Kier alpha value is -3.16. The molecule has 214 valence electrons. The average Bonchev–Trinajstić information content (AvgIpc) is 2.97. The maximum atomic E-state index is 15.1. The van der Waals surface area contributed by atoms with Crippen LogP contribution in [0.25, 0.3) is 22.3 Å². The third-order valence-corrected chi connectivity index (χ3v) is 7.12. The molecule has 1 heterocycles. The summed E-state index contributed by atoms with van der Waals surface area (Å²) in [6.07, 6.45) is 8.79. The van der Waals surface area contributed by atoms with Gasteiger partial charge in [0.15, 0.2) is 29.5 Å². The lowest BCUT2D eigenvalue weighted by Gasteiger charge is -2.29. The molecule has 40 heavy (non-hydrogen) atoms. The van der Waals surface area contributed by atoms with Crippen molar-refractivity contribution >= 4 is 0 Å². The van der Waals surface area contributed by atoms with Gasteiger partial charge in [-0.2, -0.15) is 4.39 Å². The van der Waals surface area contributed by atoms with Crippen LogP contribution in [0.1, 0.15) is 64.2 Å². The number of allylic oxidation sites excluding steroid dienone is 2. The minimum absolute atomic E-state index is 0.00925. The third-order valence-electron chi connectivity index (χ3n) is 7.12. The molecule has 0 atom stereocenters. The lowest BCUT2D eigenvalue weighted by molar-refractivity contribution is -0.207. The second kappa shape index (κ2) is 14.5. The third kappa shape index (κ3) is 7.12. The maximum Gasteiger partial charge on any atom is 0.201 e. The Labute approximate surface area is 233 Å². The molecule has 1 aliphatic heterocycles. The zero-order valence-corrected chi connectivity index (χ0v) is 23.0. The zero-order chi connectivity index (χ0) is 28.5. The van der Waals surface area contributed by atoms with Crippen LogP contribution in [0.2, 0.25) is 0 Å². The maximum absolute atomic E-state index is 15.1. The molecule has 7 heteroatoms. The second-order valence-electron chi connectivity index (χ2n) is 10.1. The largest absolute Gasteiger partial charge is 0.490 e. The molecule has 3 aromatic rings. The lowest BCUT2D eigenvalue weighted by atomic mass is 9.98. The predicted molar refractivity (Wildman–Crippen MR) is 149 cm³/mol. The van der Waals surface area contributed by atoms with Gasteiger partial charge < -0.3 is 14.2 Å². The van der Waals surface area contributed by atoms with Crippen molar-refractivity contribution in [1.82, 2.24) is 0 Å². The number of ether oxygens (including phenoxy) is 3. The summed E-state index contributed by atoms with van der Waals surface area (Å²) in [5, 5.41) is 0. The number of halogens is 4. The Balaban J connectivity index is 1.44. The first-order valence-corrected chi connectivity index (χ1v) is 14.0. The number of benzene rings is 3. The van der Waals surface area contributed by atoms with Crippen molar-refractivity contribution in [1.29, 1.82) is 0 Å². The van der Waals surface area contributed by atoms with E-state index in [2.05, 4.69) is 13.0 Å². The molecular weight excluding hydrogens is 520 g/mol. The Morgan fingerprint density at radius 2 is 1.40 bits per heavy atom. The van der Waals surface area contributed by atoms with Crippen molar-refractivity contribution < 1.29 is 31.8 Å². The van der Waals surface area contributed by atoms with Crippen LogP contribution in [-0.2, 0) is 9.47 Å². The van der Waals surface area contributed by atoms with Gasteiger partial charge in [0.25, 0.3) is 0 Å². The fraction of sp³-hybridized carbons (Fsp3) is 0.394. The SMILES string of the molecule is CC=CCCC1COC(c2ccc(-c3ccc(-c4ccc(OCCCCCC)c(F)c4F)cc3)c(F)c2F)OC1. The summed E-state index contributed by atoms with van der Waals surface area (Å²) < 4.78 is 76.5. The molecule has 3 aromatic carbocycles. The molecule has 0 spiro atoms. The topological polar surface area (TPSA) is 27.7 Å². The van der Waals surface area contributed by atoms with Crippen LogP contribution >= 0.6 is 0 Å². The summed E-state index contributed by atoms with van der Waals surface area (Å²) in [5.41, 5.74) is 0.913. The van der Waals surface area contributed by atoms with Crippen molar-refractivity contribution in [2.75, 3.05) is 19.8 Å². The second-order valence-corrected chi connectivity index (χ2v) is 10.1. The standard InChI is InChI=1S/C33H36F4O3/c1-3-5-7-9-19-38-28-18-17-26(30(35)32(28)37)24-13-11-23(12-14-24)25-15-16-27(31(36)29(25)34)33-39-20-22(21-40-33)10-8-6-4-2/h4,6,11-18,22,33H,3,5,7-10,19-21H2,1-2H3. The molecule has 0 N–H and O–H groups in total. The Morgan fingerprint density at radius 1 is 0.775 bits per heavy atom. The van der Waals surface area contributed by atoms with E-state index < -0.39 is 29.6 Å². The molecule has 0 bridgehead atoms. The highest BCUT2D eigenvalue weighted by Gasteiger charge is 2.28. The highest BCUT2D eigenvalue weighted by atomic mass is 19.2. The summed E-state index contributed by atoms with van der Waals surface area (Å²) in [6.45, 7) is 5.20. The first-order valence-electron chi connectivity index (χ1n) is 14.0. The minimum Gasteiger partial charge on any atom is -0.490 e. The van der Waals surface area contributed by atoms with E-state index in [1.165, 1.54) is 24.3 Å². The van der Waals surface area contributed by atoms with Gasteiger partial charge in [-0.05, 0) is 49.4 Å². The van der Waals surface area contributed by atoms with Crippen LogP contribution in [-0.4, -0.2) is 19.8 Å². The summed E-state index contributed by atoms with van der Waals surface area (Å²) >= 11 is 0. The number of hydrogen-bond donors (Lipinski definition) is 0. The van der Waals surface area contributed by atoms with Gasteiger partial charge >= 0.3 is 0 Å². The van der Waals surface area contributed by atoms with Crippen LogP contribution < -0.4 is 4.74 Å². The van der Waals surface area contributed by atoms with Crippen molar-refractivity contribution in [3.8, 4) is 28.0 Å². The molecule has 1 fully saturated rings. The number of unbranched alkanes of at least 4 members (excludes halogenated alkanes) is 3. The first kappa shape index (κ1) is 29.8. The van der Waals surface area contributed by atoms with Crippen molar-refractivity contribution in [2.24, 2.45) is 5.92 Å². The fourth-order valence-corrected chi connectivity index (χ4v) is 4.76. The summed E-state index contributed by atoms with van der Waals surface area (Å²) in [6, 6.07) is 12.0. The van der Waals surface area contributed by atoms with E-state index in [0.717, 1.165) is 38.5 Å². The van der Waals surface area contributed by atoms with Crippen molar-refractivity contribution in [3.63, 3.8) is 0 Å². The van der Waals surface area contributed by atoms with Gasteiger partial charge in [0, 0.05) is 22.6 Å². The van der Waals surface area contributed by atoms with Gasteiger partial charge in [0.1, 0.15) is 0 Å². The molecule has 0 saturated carbocycles. The normalized spacial score (nSPS) is 17.4. The average molecular weight is 557 g/mol. The van der Waals surface area contributed by atoms with E-state index in [9.17, 15) is 8.78 Å². The summed E-state index contributed by atoms with van der Waals surface area (Å²) in [7, 11) is 0. The predicted octanol–water partition coefficient (Wildman–Crippen LogP) is 9.55. The molecular formula is C33H36F4O3. The molecule has 0 aromatic heterocycles. The van der Waals surface area contributed by atoms with Gasteiger partial charge in [0.2, 0.25) is 5.82 Å². The van der Waals surface area contributed by atoms with E-state index in [1.54, 1.807) is 24.3 Å². The quantitative estimate of drug-likeness (QED) is 0.126. The number of rotatable bonds is 12. The van der Waals surface area contributed by atoms with E-state index in [1.807, 2.05) is 13.0 Å². The molecule has 0 unspecified atom stereocenters. The molecule has 4 rings (SSSR count). The van der Waals surface area contributed by atoms with Gasteiger partial charge in [-0.3, -0.25) is 0 Å². The van der Waals surface area contributed by atoms with Gasteiger partial charge in [-0.15, -0.1) is 0 Å². The van der Waals surface area contributed by atoms with Crippen molar-refractivity contribution in [3.05, 3.63) is 89.5 Å². The van der Waals surface area contributed by atoms with Gasteiger partial charge in [-0.25, -0.2) is 13.2 Å². The Kier molecular flexibility index (Phi) is 10.8. The summed E-state index contributed by atoms with van der Waals surface area (Å²) in [5.74, 6) is -4.03. The fourth-order valence-electron chi connectivity index (χ4n) is 4.76. The van der Waals surface area contributed by atoms with Crippen LogP contribution in [0.3, 0.4) is 0 Å². The van der Waals surface area contributed by atoms with E-state index in [0.29, 0.717) is 30.9 Å². The molecule has 0 radical (unpaired) electrons. The number of hydrogen-bond acceptors (Lipinski definition) is 3. The first-order chi connectivity index (χ1) is 19.4. The van der Waals surface area contributed by atoms with E-state index >= 15 is 8.78 Å². The van der Waals surface area contributed by atoms with Crippen LogP contribution in [0.5, 0.6) is 5.75 Å². The molecule has 1 aliphatic rings. The lowest BCUT2D eigenvalue weighted by Crippen LogP contribution is -2.27. The Morgan fingerprint density at radius 3 is 2.02 bits per heavy atom. The molecule has 0 aliphatic carbocycles. The molecule has 3 nitrogen and oxygen atoms in total. The highest BCUT2D eigenvalue weighted by molar-refractivity contribution is 5.71. The smallest absolute Gasteiger partial charge is 0.201 e. The van der Waals surface area contributed by atoms with E-state index in [-0.39, 0.29) is 28.4 Å². The van der Waals surface area contributed by atoms with Crippen LogP contribution in [0.4, 0.5) is 17.6 Å². The van der Waals surface area contributed by atoms with Crippen LogP contribution in [0.15, 0.2) is 60.7 Å². The van der Waals surface area contributed by atoms with Crippen molar-refractivity contribution in [2.45, 2.75) is 58.7 Å². The minimum atomic E-state index is -1.04. The summed E-state index contributed by atoms with van der Waals surface area (Å²) in [4.78, 5) is 0. The molecule has 0 amide bonds. The highest BCUT2D eigenvalue weighted by Crippen LogP contribution is 2.35.